The van der Waals surface area contributed by atoms with E-state index in [1.165, 1.54) is 55.1 Å². The summed E-state index contributed by atoms with van der Waals surface area (Å²) < 4.78 is 0. The van der Waals surface area contributed by atoms with Crippen LogP contribution in [0.2, 0.25) is 0 Å². The van der Waals surface area contributed by atoms with E-state index in [1.54, 1.807) is 5.56 Å². The number of nitrogens with zero attached hydrogens (tertiary/aromatic N) is 2. The van der Waals surface area contributed by atoms with Crippen molar-refractivity contribution in [3.63, 3.8) is 0 Å². The maximum absolute atomic E-state index is 2.81. The Hall–Kier alpha value is -0.380. The molecule has 0 aliphatic carbocycles. The van der Waals surface area contributed by atoms with Gasteiger partial charge in [-0.05, 0) is 58.2 Å². The van der Waals surface area contributed by atoms with E-state index in [4.69, 9.17) is 0 Å². The summed E-state index contributed by atoms with van der Waals surface area (Å²) in [6.45, 7) is 13.2. The van der Waals surface area contributed by atoms with Crippen LogP contribution in [-0.2, 0) is 0 Å². The first-order valence-corrected chi connectivity index (χ1v) is 9.48. The lowest BCUT2D eigenvalue weighted by atomic mass is 9.93. The van der Waals surface area contributed by atoms with Gasteiger partial charge in [0.05, 0.1) is 0 Å². The molecule has 3 heteroatoms. The van der Waals surface area contributed by atoms with Gasteiger partial charge in [-0.2, -0.15) is 0 Å². The molecule has 3 atom stereocenters. The Kier molecular flexibility index (Phi) is 4.72. The Bertz CT molecular complexity index is 482. The lowest BCUT2D eigenvalue weighted by Crippen LogP contribution is -2.59. The molecule has 3 rings (SSSR count). The first kappa shape index (κ1) is 15.5. The van der Waals surface area contributed by atoms with Crippen LogP contribution in [0.5, 0.6) is 0 Å². The summed E-state index contributed by atoms with van der Waals surface area (Å²) in [5.74, 6) is 0. The minimum atomic E-state index is 0.573. The van der Waals surface area contributed by atoms with Gasteiger partial charge in [0.15, 0.2) is 0 Å². The number of piperazine rings is 1. The number of hydrogen-bond acceptors (Lipinski definition) is 3. The van der Waals surface area contributed by atoms with Crippen molar-refractivity contribution in [3.8, 4) is 0 Å². The molecule has 2 aliphatic rings. The van der Waals surface area contributed by atoms with Crippen LogP contribution < -0.4 is 0 Å². The Morgan fingerprint density at radius 2 is 2.10 bits per heavy atom. The predicted molar refractivity (Wildman–Crippen MR) is 92.2 cm³/mol. The van der Waals surface area contributed by atoms with Gasteiger partial charge in [0, 0.05) is 41.0 Å². The summed E-state index contributed by atoms with van der Waals surface area (Å²) in [5, 5.41) is 0. The van der Waals surface area contributed by atoms with Crippen LogP contribution in [0.4, 0.5) is 0 Å². The van der Waals surface area contributed by atoms with Crippen LogP contribution in [0.3, 0.4) is 0 Å². The van der Waals surface area contributed by atoms with Crippen molar-refractivity contribution in [2.45, 2.75) is 71.5 Å². The van der Waals surface area contributed by atoms with E-state index in [2.05, 4.69) is 43.6 Å². The smallest absolute Gasteiger partial charge is 0.0335 e. The molecule has 0 aromatic carbocycles. The maximum atomic E-state index is 2.81. The largest absolute Gasteiger partial charge is 0.298 e. The van der Waals surface area contributed by atoms with Gasteiger partial charge in [-0.1, -0.05) is 13.3 Å². The standard InChI is InChI=1S/C18H30N2S/c1-5-16-11-19-9-7-6-8-17(19)12-20(16)14(3)18-10-13(2)21-15(18)4/h10,14,16-17H,5-9,11-12H2,1-4H3. The minimum absolute atomic E-state index is 0.573. The topological polar surface area (TPSA) is 6.48 Å². The molecule has 2 saturated heterocycles. The van der Waals surface area contributed by atoms with E-state index in [1.807, 2.05) is 11.3 Å². The van der Waals surface area contributed by atoms with Gasteiger partial charge in [0.2, 0.25) is 0 Å². The summed E-state index contributed by atoms with van der Waals surface area (Å²) in [6, 6.07) is 4.53. The van der Waals surface area contributed by atoms with Gasteiger partial charge >= 0.3 is 0 Å². The number of hydrogen-bond donors (Lipinski definition) is 0. The molecule has 0 amide bonds. The normalized spacial score (nSPS) is 29.3. The molecule has 0 spiro atoms. The average Bonchev–Trinajstić information content (AvgIpc) is 2.83. The van der Waals surface area contributed by atoms with Crippen molar-refractivity contribution in [2.24, 2.45) is 0 Å². The van der Waals surface area contributed by atoms with Crippen molar-refractivity contribution in [1.29, 1.82) is 0 Å². The molecular weight excluding hydrogens is 276 g/mol. The molecule has 1 aromatic heterocycles. The van der Waals surface area contributed by atoms with Gasteiger partial charge in [-0.15, -0.1) is 11.3 Å². The highest BCUT2D eigenvalue weighted by atomic mass is 32.1. The summed E-state index contributed by atoms with van der Waals surface area (Å²) in [7, 11) is 0. The lowest BCUT2D eigenvalue weighted by molar-refractivity contribution is -0.0124. The van der Waals surface area contributed by atoms with Crippen LogP contribution in [0, 0.1) is 13.8 Å². The Balaban J connectivity index is 1.80. The Morgan fingerprint density at radius 1 is 1.29 bits per heavy atom. The maximum Gasteiger partial charge on any atom is 0.0335 e. The third-order valence-electron chi connectivity index (χ3n) is 5.58. The summed E-state index contributed by atoms with van der Waals surface area (Å²) in [5.41, 5.74) is 1.57. The molecule has 3 unspecified atom stereocenters. The number of piperidine rings is 1. The van der Waals surface area contributed by atoms with Crippen molar-refractivity contribution >= 4 is 11.3 Å². The monoisotopic (exact) mass is 306 g/mol. The van der Waals surface area contributed by atoms with Crippen LogP contribution in [0.15, 0.2) is 6.07 Å². The van der Waals surface area contributed by atoms with Crippen molar-refractivity contribution in [1.82, 2.24) is 9.80 Å². The zero-order valence-electron chi connectivity index (χ0n) is 14.1. The van der Waals surface area contributed by atoms with Gasteiger partial charge < -0.3 is 0 Å². The molecule has 1 aromatic rings. The lowest BCUT2D eigenvalue weighted by Gasteiger charge is -2.50. The van der Waals surface area contributed by atoms with E-state index in [9.17, 15) is 0 Å². The number of aryl methyl sites for hydroxylation is 2. The van der Waals surface area contributed by atoms with E-state index in [0.717, 1.165) is 12.1 Å². The second kappa shape index (κ2) is 6.39. The fraction of sp³-hybridized carbons (Fsp3) is 0.778. The number of rotatable bonds is 3. The number of thiophene rings is 1. The molecular formula is C18H30N2S. The van der Waals surface area contributed by atoms with Gasteiger partial charge in [0.25, 0.3) is 0 Å². The van der Waals surface area contributed by atoms with Gasteiger partial charge in [0.1, 0.15) is 0 Å². The number of fused-ring (bicyclic) bond motifs is 1. The Morgan fingerprint density at radius 3 is 2.76 bits per heavy atom. The van der Waals surface area contributed by atoms with Crippen LogP contribution in [0.25, 0.3) is 0 Å². The second-order valence-electron chi connectivity index (χ2n) is 6.95. The molecule has 21 heavy (non-hydrogen) atoms. The van der Waals surface area contributed by atoms with E-state index < -0.39 is 0 Å². The van der Waals surface area contributed by atoms with E-state index >= 15 is 0 Å². The second-order valence-corrected chi connectivity index (χ2v) is 8.41. The van der Waals surface area contributed by atoms with Crippen LogP contribution in [0.1, 0.15) is 60.9 Å². The molecule has 118 valence electrons. The van der Waals surface area contributed by atoms with Gasteiger partial charge in [-0.3, -0.25) is 9.80 Å². The molecule has 2 nitrogen and oxygen atoms in total. The fourth-order valence-electron chi connectivity index (χ4n) is 4.36. The van der Waals surface area contributed by atoms with E-state index in [0.29, 0.717) is 6.04 Å². The highest BCUT2D eigenvalue weighted by Crippen LogP contribution is 2.35. The van der Waals surface area contributed by atoms with Crippen molar-refractivity contribution in [2.75, 3.05) is 19.6 Å². The first-order valence-electron chi connectivity index (χ1n) is 8.67. The third kappa shape index (κ3) is 3.06. The summed E-state index contributed by atoms with van der Waals surface area (Å²) in [6.07, 6.45) is 5.51. The minimum Gasteiger partial charge on any atom is -0.298 e. The summed E-state index contributed by atoms with van der Waals surface area (Å²) >= 11 is 1.96. The molecule has 3 heterocycles. The fourth-order valence-corrected chi connectivity index (χ4v) is 5.37. The zero-order chi connectivity index (χ0) is 15.0. The molecule has 2 fully saturated rings. The Labute approximate surface area is 134 Å². The predicted octanol–water partition coefficient (Wildman–Crippen LogP) is 4.37. The van der Waals surface area contributed by atoms with Crippen molar-refractivity contribution < 1.29 is 0 Å². The molecule has 0 bridgehead atoms. The third-order valence-corrected chi connectivity index (χ3v) is 6.56. The SMILES string of the molecule is CCC1CN2CCCCC2CN1C(C)c1cc(C)sc1C. The molecule has 0 saturated carbocycles. The molecule has 0 N–H and O–H groups in total. The zero-order valence-corrected chi connectivity index (χ0v) is 14.9. The summed E-state index contributed by atoms with van der Waals surface area (Å²) in [4.78, 5) is 8.55. The van der Waals surface area contributed by atoms with Gasteiger partial charge in [-0.25, -0.2) is 0 Å². The highest BCUT2D eigenvalue weighted by molar-refractivity contribution is 7.12. The first-order chi connectivity index (χ1) is 10.1. The quantitative estimate of drug-likeness (QED) is 0.818. The molecule has 2 aliphatic heterocycles. The van der Waals surface area contributed by atoms with Crippen LogP contribution >= 0.6 is 11.3 Å². The molecule has 0 radical (unpaired) electrons. The van der Waals surface area contributed by atoms with Crippen molar-refractivity contribution in [3.05, 3.63) is 21.4 Å². The highest BCUT2D eigenvalue weighted by Gasteiger charge is 2.36. The van der Waals surface area contributed by atoms with Crippen LogP contribution in [-0.4, -0.2) is 41.5 Å². The van der Waals surface area contributed by atoms with E-state index in [-0.39, 0.29) is 0 Å². The average molecular weight is 307 g/mol.